The van der Waals surface area contributed by atoms with Gasteiger partial charge in [0.15, 0.2) is 5.57 Å². The van der Waals surface area contributed by atoms with Gasteiger partial charge < -0.3 is 9.47 Å². The molecule has 4 nitrogen and oxygen atoms in total. The molecule has 1 fully saturated rings. The van der Waals surface area contributed by atoms with Crippen LogP contribution in [0, 0.1) is 0 Å². The normalized spacial score (nSPS) is 20.1. The SMILES string of the molecule is CC=C=C1C(=O)OC(C)(C)OC1=O. The highest BCUT2D eigenvalue weighted by atomic mass is 16.7. The third-order valence-corrected chi connectivity index (χ3v) is 1.37. The minimum Gasteiger partial charge on any atom is -0.419 e. The van der Waals surface area contributed by atoms with E-state index < -0.39 is 17.7 Å². The highest BCUT2D eigenvalue weighted by molar-refractivity contribution is 6.15. The topological polar surface area (TPSA) is 52.6 Å². The van der Waals surface area contributed by atoms with Crippen LogP contribution in [0.25, 0.3) is 0 Å². The molecule has 0 spiro atoms. The summed E-state index contributed by atoms with van der Waals surface area (Å²) in [5, 5.41) is 0. The number of hydrogen-bond acceptors (Lipinski definition) is 4. The second-order valence-corrected chi connectivity index (χ2v) is 2.99. The lowest BCUT2D eigenvalue weighted by atomic mass is 10.2. The van der Waals surface area contributed by atoms with Crippen LogP contribution >= 0.6 is 0 Å². The van der Waals surface area contributed by atoms with Crippen LogP contribution in [-0.4, -0.2) is 17.7 Å². The Labute approximate surface area is 75.8 Å². The lowest BCUT2D eigenvalue weighted by Gasteiger charge is -2.28. The van der Waals surface area contributed by atoms with Crippen LogP contribution in [0.5, 0.6) is 0 Å². The maximum Gasteiger partial charge on any atom is 0.356 e. The third kappa shape index (κ3) is 1.98. The summed E-state index contributed by atoms with van der Waals surface area (Å²) in [6, 6.07) is 0. The van der Waals surface area contributed by atoms with Crippen LogP contribution in [0.4, 0.5) is 0 Å². The predicted molar refractivity (Wildman–Crippen MR) is 43.5 cm³/mol. The van der Waals surface area contributed by atoms with Crippen LogP contribution in [0.1, 0.15) is 20.8 Å². The second kappa shape index (κ2) is 3.07. The standard InChI is InChI=1S/C9H10O4/c1-4-5-6-7(10)12-9(2,3)13-8(6)11/h4H,1-3H3. The van der Waals surface area contributed by atoms with E-state index in [1.807, 2.05) is 0 Å². The number of ether oxygens (including phenoxy) is 2. The zero-order chi connectivity index (χ0) is 10.1. The molecule has 0 N–H and O–H groups in total. The Morgan fingerprint density at radius 3 is 2.08 bits per heavy atom. The maximum atomic E-state index is 11.2. The van der Waals surface area contributed by atoms with Crippen LogP contribution in [0.3, 0.4) is 0 Å². The van der Waals surface area contributed by atoms with Crippen molar-refractivity contribution >= 4 is 11.9 Å². The van der Waals surface area contributed by atoms with E-state index >= 15 is 0 Å². The van der Waals surface area contributed by atoms with Crippen molar-refractivity contribution in [2.24, 2.45) is 0 Å². The van der Waals surface area contributed by atoms with Crippen molar-refractivity contribution in [1.29, 1.82) is 0 Å². The van der Waals surface area contributed by atoms with E-state index in [1.165, 1.54) is 19.9 Å². The van der Waals surface area contributed by atoms with Crippen LogP contribution in [0.15, 0.2) is 17.4 Å². The Balaban J connectivity index is 3.03. The molecule has 0 atom stereocenters. The molecule has 1 aliphatic rings. The van der Waals surface area contributed by atoms with Gasteiger partial charge in [-0.1, -0.05) is 0 Å². The first kappa shape index (κ1) is 9.55. The number of esters is 2. The largest absolute Gasteiger partial charge is 0.419 e. The molecule has 0 bridgehead atoms. The maximum absolute atomic E-state index is 11.2. The van der Waals surface area contributed by atoms with Crippen molar-refractivity contribution in [1.82, 2.24) is 0 Å². The van der Waals surface area contributed by atoms with Crippen LogP contribution in [-0.2, 0) is 19.1 Å². The van der Waals surface area contributed by atoms with Crippen LogP contribution < -0.4 is 0 Å². The zero-order valence-electron chi connectivity index (χ0n) is 7.71. The van der Waals surface area contributed by atoms with Crippen molar-refractivity contribution in [3.63, 3.8) is 0 Å². The molecule has 0 radical (unpaired) electrons. The highest BCUT2D eigenvalue weighted by Gasteiger charge is 2.38. The molecule has 0 saturated carbocycles. The Bertz CT molecular complexity index is 297. The lowest BCUT2D eigenvalue weighted by Crippen LogP contribution is -2.41. The van der Waals surface area contributed by atoms with Gasteiger partial charge in [0.25, 0.3) is 5.79 Å². The smallest absolute Gasteiger partial charge is 0.356 e. The fourth-order valence-corrected chi connectivity index (χ4v) is 0.915. The summed E-state index contributed by atoms with van der Waals surface area (Å²) in [5.41, 5.74) is 2.27. The van der Waals surface area contributed by atoms with Gasteiger partial charge in [0.05, 0.1) is 0 Å². The summed E-state index contributed by atoms with van der Waals surface area (Å²) in [7, 11) is 0. The molecule has 1 saturated heterocycles. The number of carbonyl (C=O) groups excluding carboxylic acids is 2. The molecule has 0 aromatic carbocycles. The Kier molecular flexibility index (Phi) is 2.26. The van der Waals surface area contributed by atoms with Gasteiger partial charge >= 0.3 is 11.9 Å². The van der Waals surface area contributed by atoms with Gasteiger partial charge in [-0.3, -0.25) is 0 Å². The summed E-state index contributed by atoms with van der Waals surface area (Å²) in [4.78, 5) is 22.3. The van der Waals surface area contributed by atoms with Gasteiger partial charge in [-0.25, -0.2) is 9.59 Å². The fraction of sp³-hybridized carbons (Fsp3) is 0.444. The third-order valence-electron chi connectivity index (χ3n) is 1.37. The molecule has 1 heterocycles. The Morgan fingerprint density at radius 2 is 1.69 bits per heavy atom. The lowest BCUT2D eigenvalue weighted by molar-refractivity contribution is -0.222. The quantitative estimate of drug-likeness (QED) is 0.242. The summed E-state index contributed by atoms with van der Waals surface area (Å²) in [6.07, 6.45) is 1.45. The van der Waals surface area contributed by atoms with E-state index in [4.69, 9.17) is 9.47 Å². The van der Waals surface area contributed by atoms with E-state index in [-0.39, 0.29) is 5.57 Å². The summed E-state index contributed by atoms with van der Waals surface area (Å²) in [5.74, 6) is -2.56. The second-order valence-electron chi connectivity index (χ2n) is 2.99. The van der Waals surface area contributed by atoms with E-state index in [2.05, 4.69) is 5.73 Å². The van der Waals surface area contributed by atoms with Gasteiger partial charge in [-0.15, -0.1) is 5.73 Å². The van der Waals surface area contributed by atoms with E-state index in [0.29, 0.717) is 0 Å². The van der Waals surface area contributed by atoms with Crippen molar-refractivity contribution in [2.75, 3.05) is 0 Å². The molecule has 0 aromatic rings. The molecule has 0 aromatic heterocycles. The molecule has 1 aliphatic heterocycles. The van der Waals surface area contributed by atoms with Gasteiger partial charge in [-0.2, -0.15) is 0 Å². The summed E-state index contributed by atoms with van der Waals surface area (Å²) >= 11 is 0. The van der Waals surface area contributed by atoms with E-state index in [0.717, 1.165) is 0 Å². The number of rotatable bonds is 0. The molecule has 70 valence electrons. The predicted octanol–water partition coefficient (Wildman–Crippen LogP) is 0.924. The summed E-state index contributed by atoms with van der Waals surface area (Å²) < 4.78 is 9.62. The van der Waals surface area contributed by atoms with Crippen LogP contribution in [0.2, 0.25) is 0 Å². The monoisotopic (exact) mass is 182 g/mol. The minimum absolute atomic E-state index is 0.193. The first-order chi connectivity index (χ1) is 5.96. The fourth-order valence-electron chi connectivity index (χ4n) is 0.915. The van der Waals surface area contributed by atoms with Gasteiger partial charge in [0, 0.05) is 13.8 Å². The molecule has 13 heavy (non-hydrogen) atoms. The van der Waals surface area contributed by atoms with Crippen molar-refractivity contribution in [2.45, 2.75) is 26.6 Å². The summed E-state index contributed by atoms with van der Waals surface area (Å²) in [6.45, 7) is 4.64. The Hall–Kier alpha value is -1.54. The molecule has 0 amide bonds. The molecule has 0 unspecified atom stereocenters. The number of cyclic esters (lactones) is 2. The van der Waals surface area contributed by atoms with Crippen molar-refractivity contribution in [3.05, 3.63) is 17.4 Å². The van der Waals surface area contributed by atoms with Crippen molar-refractivity contribution < 1.29 is 19.1 Å². The Morgan fingerprint density at radius 1 is 1.23 bits per heavy atom. The van der Waals surface area contributed by atoms with Gasteiger partial charge in [-0.05, 0) is 13.0 Å². The number of hydrogen-bond donors (Lipinski definition) is 0. The average molecular weight is 182 g/mol. The molecular formula is C9H10O4. The molecule has 1 rings (SSSR count). The van der Waals surface area contributed by atoms with Gasteiger partial charge in [0.2, 0.25) is 0 Å². The minimum atomic E-state index is -1.17. The highest BCUT2D eigenvalue weighted by Crippen LogP contribution is 2.21. The first-order valence-corrected chi connectivity index (χ1v) is 3.84. The van der Waals surface area contributed by atoms with E-state index in [9.17, 15) is 9.59 Å². The molecule has 0 aliphatic carbocycles. The molecule has 4 heteroatoms. The average Bonchev–Trinajstić information content (AvgIpc) is 1.94. The zero-order valence-corrected chi connectivity index (χ0v) is 7.71. The number of carbonyl (C=O) groups is 2. The molecular weight excluding hydrogens is 172 g/mol. The van der Waals surface area contributed by atoms with Gasteiger partial charge in [0.1, 0.15) is 0 Å². The van der Waals surface area contributed by atoms with Crippen molar-refractivity contribution in [3.8, 4) is 0 Å². The first-order valence-electron chi connectivity index (χ1n) is 3.84. The van der Waals surface area contributed by atoms with E-state index in [1.54, 1.807) is 6.92 Å².